The van der Waals surface area contributed by atoms with Gasteiger partial charge in [0.2, 0.25) is 0 Å². The van der Waals surface area contributed by atoms with Crippen molar-refractivity contribution < 1.29 is 13.5 Å². The lowest BCUT2D eigenvalue weighted by atomic mass is 10.1. The maximum absolute atomic E-state index is 13.8. The maximum atomic E-state index is 13.8. The van der Waals surface area contributed by atoms with E-state index >= 15 is 0 Å². The molecule has 27 heavy (non-hydrogen) atoms. The second kappa shape index (κ2) is 7.54. The van der Waals surface area contributed by atoms with Crippen LogP contribution in [0, 0.1) is 0 Å². The second-order valence-electron chi connectivity index (χ2n) is 6.69. The highest BCUT2D eigenvalue weighted by atomic mass is 35.5. The predicted molar refractivity (Wildman–Crippen MR) is 101 cm³/mol. The summed E-state index contributed by atoms with van der Waals surface area (Å²) >= 11 is 5.96. The van der Waals surface area contributed by atoms with Crippen molar-refractivity contribution >= 4 is 22.6 Å². The average Bonchev–Trinajstić information content (AvgIpc) is 3.08. The Hall–Kier alpha value is -2.02. The minimum Gasteiger partial charge on any atom is -0.371 e. The van der Waals surface area contributed by atoms with Gasteiger partial charge in [0.1, 0.15) is 5.82 Å². The number of para-hydroxylation sites is 2. The number of aromatic nitrogens is 2. The van der Waals surface area contributed by atoms with Crippen molar-refractivity contribution in [3.05, 3.63) is 64.9 Å². The standard InChI is InChI=1S/C20H20ClF2N3O/c1-13(19-24-16-4-2-3-5-17(16)26(19)20(22)23)25-10-11-27-18(12-25)14-6-8-15(21)9-7-14/h2-9,13,18,20H,10-12H2,1H3. The Balaban J connectivity index is 1.62. The largest absolute Gasteiger partial charge is 0.371 e. The van der Waals surface area contributed by atoms with Crippen LogP contribution in [0.3, 0.4) is 0 Å². The van der Waals surface area contributed by atoms with Crippen molar-refractivity contribution in [3.8, 4) is 0 Å². The summed E-state index contributed by atoms with van der Waals surface area (Å²) in [6.45, 7) is 1.09. The zero-order chi connectivity index (χ0) is 19.0. The van der Waals surface area contributed by atoms with Gasteiger partial charge in [0.25, 0.3) is 0 Å². The number of hydrogen-bond acceptors (Lipinski definition) is 3. The Morgan fingerprint density at radius 3 is 2.63 bits per heavy atom. The first kappa shape index (κ1) is 18.3. The SMILES string of the molecule is CC(c1nc2ccccc2n1C(F)F)N1CCOC(c2ccc(Cl)cc2)C1. The second-order valence-corrected chi connectivity index (χ2v) is 7.12. The normalized spacial score (nSPS) is 19.7. The molecular formula is C20H20ClF2N3O. The van der Waals surface area contributed by atoms with Gasteiger partial charge in [0, 0.05) is 18.1 Å². The highest BCUT2D eigenvalue weighted by Crippen LogP contribution is 2.32. The summed E-state index contributed by atoms with van der Waals surface area (Å²) in [5.74, 6) is 0.378. The van der Waals surface area contributed by atoms with Gasteiger partial charge in [-0.25, -0.2) is 4.98 Å². The molecular weight excluding hydrogens is 372 g/mol. The number of rotatable bonds is 4. The van der Waals surface area contributed by atoms with E-state index in [1.54, 1.807) is 18.2 Å². The van der Waals surface area contributed by atoms with E-state index in [9.17, 15) is 8.78 Å². The number of morpholine rings is 1. The Kier molecular flexibility index (Phi) is 5.12. The van der Waals surface area contributed by atoms with Gasteiger partial charge in [0.15, 0.2) is 0 Å². The van der Waals surface area contributed by atoms with E-state index in [0.717, 1.165) is 10.1 Å². The van der Waals surface area contributed by atoms with Crippen molar-refractivity contribution in [2.75, 3.05) is 19.7 Å². The van der Waals surface area contributed by atoms with Crippen LogP contribution in [0.2, 0.25) is 5.02 Å². The molecule has 2 heterocycles. The number of hydrogen-bond donors (Lipinski definition) is 0. The highest BCUT2D eigenvalue weighted by molar-refractivity contribution is 6.30. The third kappa shape index (κ3) is 3.57. The first-order valence-corrected chi connectivity index (χ1v) is 9.28. The molecule has 2 aromatic carbocycles. The Morgan fingerprint density at radius 1 is 1.15 bits per heavy atom. The Morgan fingerprint density at radius 2 is 1.89 bits per heavy atom. The average molecular weight is 392 g/mol. The number of benzene rings is 2. The molecule has 0 bridgehead atoms. The topological polar surface area (TPSA) is 30.3 Å². The summed E-state index contributed by atoms with van der Waals surface area (Å²) in [7, 11) is 0. The van der Waals surface area contributed by atoms with E-state index in [0.29, 0.717) is 41.6 Å². The molecule has 1 aliphatic heterocycles. The minimum atomic E-state index is -2.64. The van der Waals surface area contributed by atoms with Crippen LogP contribution < -0.4 is 0 Å². The van der Waals surface area contributed by atoms with Gasteiger partial charge in [0.05, 0.1) is 29.8 Å². The number of fused-ring (bicyclic) bond motifs is 1. The first-order chi connectivity index (χ1) is 13.0. The first-order valence-electron chi connectivity index (χ1n) is 8.90. The fourth-order valence-corrected chi connectivity index (χ4v) is 3.75. The molecule has 1 aromatic heterocycles. The Labute approximate surface area is 161 Å². The van der Waals surface area contributed by atoms with Gasteiger partial charge < -0.3 is 4.74 Å². The lowest BCUT2D eigenvalue weighted by Crippen LogP contribution is -2.40. The fraction of sp³-hybridized carbons (Fsp3) is 0.350. The predicted octanol–water partition coefficient (Wildman–Crippen LogP) is 5.22. The molecule has 0 amide bonds. The quantitative estimate of drug-likeness (QED) is 0.610. The molecule has 0 radical (unpaired) electrons. The molecule has 1 fully saturated rings. The maximum Gasteiger partial charge on any atom is 0.320 e. The summed E-state index contributed by atoms with van der Waals surface area (Å²) < 4.78 is 34.5. The number of nitrogens with zero attached hydrogens (tertiary/aromatic N) is 3. The lowest BCUT2D eigenvalue weighted by Gasteiger charge is -2.36. The Bertz CT molecular complexity index is 929. The van der Waals surface area contributed by atoms with Crippen LogP contribution in [-0.2, 0) is 4.74 Å². The number of ether oxygens (including phenoxy) is 1. The number of halogens is 3. The molecule has 0 aliphatic carbocycles. The molecule has 7 heteroatoms. The van der Waals surface area contributed by atoms with Crippen molar-refractivity contribution in [2.45, 2.75) is 25.6 Å². The lowest BCUT2D eigenvalue weighted by molar-refractivity contribution is -0.0461. The van der Waals surface area contributed by atoms with Crippen LogP contribution in [0.1, 0.15) is 37.0 Å². The van der Waals surface area contributed by atoms with Crippen LogP contribution in [0.5, 0.6) is 0 Å². The van der Waals surface area contributed by atoms with Gasteiger partial charge in [-0.05, 0) is 36.8 Å². The molecule has 1 saturated heterocycles. The van der Waals surface area contributed by atoms with Gasteiger partial charge in [-0.1, -0.05) is 35.9 Å². The third-order valence-electron chi connectivity index (χ3n) is 5.08. The summed E-state index contributed by atoms with van der Waals surface area (Å²) in [5.41, 5.74) is 2.07. The number of imidazole rings is 1. The molecule has 2 atom stereocenters. The monoisotopic (exact) mass is 391 g/mol. The van der Waals surface area contributed by atoms with Gasteiger partial charge >= 0.3 is 6.55 Å². The summed E-state index contributed by atoms with van der Waals surface area (Å²) in [6.07, 6.45) is -0.122. The van der Waals surface area contributed by atoms with E-state index in [2.05, 4.69) is 9.88 Å². The zero-order valence-corrected chi connectivity index (χ0v) is 15.6. The highest BCUT2D eigenvalue weighted by Gasteiger charge is 2.30. The summed E-state index contributed by atoms with van der Waals surface area (Å²) in [4.78, 5) is 6.64. The van der Waals surface area contributed by atoms with Crippen LogP contribution >= 0.6 is 11.6 Å². The molecule has 4 nitrogen and oxygen atoms in total. The van der Waals surface area contributed by atoms with Gasteiger partial charge in [-0.2, -0.15) is 8.78 Å². The van der Waals surface area contributed by atoms with Crippen LogP contribution in [-0.4, -0.2) is 34.1 Å². The minimum absolute atomic E-state index is 0.122. The van der Waals surface area contributed by atoms with Crippen LogP contribution in [0.25, 0.3) is 11.0 Å². The molecule has 4 rings (SSSR count). The molecule has 0 spiro atoms. The van der Waals surface area contributed by atoms with Crippen molar-refractivity contribution in [1.29, 1.82) is 0 Å². The van der Waals surface area contributed by atoms with Gasteiger partial charge in [-0.15, -0.1) is 0 Å². The zero-order valence-electron chi connectivity index (χ0n) is 14.9. The van der Waals surface area contributed by atoms with Crippen molar-refractivity contribution in [1.82, 2.24) is 14.5 Å². The van der Waals surface area contributed by atoms with E-state index in [4.69, 9.17) is 16.3 Å². The third-order valence-corrected chi connectivity index (χ3v) is 5.33. The molecule has 2 unspecified atom stereocenters. The fourth-order valence-electron chi connectivity index (χ4n) is 3.63. The summed E-state index contributed by atoms with van der Waals surface area (Å²) in [5, 5.41) is 0.672. The molecule has 3 aromatic rings. The van der Waals surface area contributed by atoms with Crippen molar-refractivity contribution in [3.63, 3.8) is 0 Å². The van der Waals surface area contributed by atoms with E-state index in [-0.39, 0.29) is 12.1 Å². The molecule has 1 aliphatic rings. The van der Waals surface area contributed by atoms with Crippen molar-refractivity contribution in [2.24, 2.45) is 0 Å². The number of alkyl halides is 2. The van der Waals surface area contributed by atoms with E-state index in [1.165, 1.54) is 0 Å². The van der Waals surface area contributed by atoms with Gasteiger partial charge in [-0.3, -0.25) is 9.47 Å². The van der Waals surface area contributed by atoms with E-state index < -0.39 is 6.55 Å². The van der Waals surface area contributed by atoms with E-state index in [1.807, 2.05) is 37.3 Å². The molecule has 0 saturated carbocycles. The van der Waals surface area contributed by atoms with Crippen LogP contribution in [0.15, 0.2) is 48.5 Å². The smallest absolute Gasteiger partial charge is 0.320 e. The summed E-state index contributed by atoms with van der Waals surface area (Å²) in [6, 6.07) is 14.3. The molecule has 142 valence electrons. The molecule has 0 N–H and O–H groups in total. The van der Waals surface area contributed by atoms with Crippen LogP contribution in [0.4, 0.5) is 8.78 Å².